The van der Waals surface area contributed by atoms with Crippen LogP contribution in [0.4, 0.5) is 0 Å². The van der Waals surface area contributed by atoms with Gasteiger partial charge in [-0.05, 0) is 18.2 Å². The number of carbonyl (C=O) groups is 1. The molecule has 0 unspecified atom stereocenters. The lowest BCUT2D eigenvalue weighted by atomic mass is 10.2. The lowest BCUT2D eigenvalue weighted by Gasteiger charge is -2.05. The quantitative estimate of drug-likeness (QED) is 0.736. The van der Waals surface area contributed by atoms with Crippen molar-refractivity contribution in [1.82, 2.24) is 15.3 Å². The molecule has 2 aromatic heterocycles. The van der Waals surface area contributed by atoms with Crippen LogP contribution in [0.15, 0.2) is 36.5 Å². The van der Waals surface area contributed by atoms with Crippen LogP contribution in [0.2, 0.25) is 10.2 Å². The van der Waals surface area contributed by atoms with E-state index < -0.39 is 0 Å². The number of halogens is 2. The topological polar surface area (TPSA) is 54.9 Å². The average molecular weight is 338 g/mol. The molecular weight excluding hydrogens is 329 g/mol. The third-order valence-corrected chi connectivity index (χ3v) is 4.35. The van der Waals surface area contributed by atoms with Crippen molar-refractivity contribution in [2.24, 2.45) is 0 Å². The molecule has 1 aromatic carbocycles. The Labute approximate surface area is 134 Å². The van der Waals surface area contributed by atoms with E-state index in [9.17, 15) is 4.79 Å². The van der Waals surface area contributed by atoms with E-state index in [2.05, 4.69) is 15.3 Å². The minimum absolute atomic E-state index is 0.226. The zero-order valence-corrected chi connectivity index (χ0v) is 13.0. The average Bonchev–Trinajstić information content (AvgIpc) is 2.90. The van der Waals surface area contributed by atoms with Crippen LogP contribution in [-0.2, 0) is 6.54 Å². The van der Waals surface area contributed by atoms with Gasteiger partial charge in [0.15, 0.2) is 0 Å². The highest BCUT2D eigenvalue weighted by Crippen LogP contribution is 2.22. The molecule has 0 aliphatic carbocycles. The molecule has 106 valence electrons. The number of para-hydroxylation sites is 1. The number of nitrogens with zero attached hydrogens (tertiary/aromatic N) is 2. The number of amides is 1. The van der Waals surface area contributed by atoms with Crippen LogP contribution < -0.4 is 5.32 Å². The summed E-state index contributed by atoms with van der Waals surface area (Å²) in [6.07, 6.45) is 1.36. The molecule has 0 spiro atoms. The van der Waals surface area contributed by atoms with Crippen molar-refractivity contribution >= 4 is 50.7 Å². The fraction of sp³-hybridized carbons (Fsp3) is 0.0714. The molecule has 0 saturated heterocycles. The SMILES string of the molecule is O=C(NCc1nc2ccccc2s1)c1cc(Cl)ncc1Cl. The van der Waals surface area contributed by atoms with Crippen LogP contribution in [-0.4, -0.2) is 15.9 Å². The van der Waals surface area contributed by atoms with Gasteiger partial charge < -0.3 is 5.32 Å². The third-order valence-electron chi connectivity index (χ3n) is 2.80. The molecule has 4 nitrogen and oxygen atoms in total. The van der Waals surface area contributed by atoms with Crippen molar-refractivity contribution in [2.75, 3.05) is 0 Å². The summed E-state index contributed by atoms with van der Waals surface area (Å²) in [5, 5.41) is 4.11. The van der Waals surface area contributed by atoms with Crippen LogP contribution in [0.1, 0.15) is 15.4 Å². The molecule has 1 amide bonds. The van der Waals surface area contributed by atoms with E-state index in [0.717, 1.165) is 15.2 Å². The number of pyridine rings is 1. The fourth-order valence-electron chi connectivity index (χ4n) is 1.83. The van der Waals surface area contributed by atoms with Crippen LogP contribution in [0.3, 0.4) is 0 Å². The molecule has 0 bridgehead atoms. The molecule has 0 fully saturated rings. The van der Waals surface area contributed by atoms with E-state index in [1.165, 1.54) is 12.3 Å². The largest absolute Gasteiger partial charge is 0.345 e. The lowest BCUT2D eigenvalue weighted by Crippen LogP contribution is -2.23. The summed E-state index contributed by atoms with van der Waals surface area (Å²) >= 11 is 13.3. The number of nitrogens with one attached hydrogen (secondary N) is 1. The van der Waals surface area contributed by atoms with Crippen molar-refractivity contribution in [2.45, 2.75) is 6.54 Å². The molecule has 0 aliphatic heterocycles. The molecule has 3 rings (SSSR count). The van der Waals surface area contributed by atoms with E-state index in [1.54, 1.807) is 11.3 Å². The lowest BCUT2D eigenvalue weighted by molar-refractivity contribution is 0.0951. The summed E-state index contributed by atoms with van der Waals surface area (Å²) in [6.45, 7) is 0.342. The molecule has 2 heterocycles. The normalized spacial score (nSPS) is 10.8. The first-order chi connectivity index (χ1) is 10.1. The predicted molar refractivity (Wildman–Crippen MR) is 85.0 cm³/mol. The summed E-state index contributed by atoms with van der Waals surface area (Å²) in [4.78, 5) is 20.4. The number of fused-ring (bicyclic) bond motifs is 1. The van der Waals surface area contributed by atoms with Gasteiger partial charge in [0.2, 0.25) is 0 Å². The van der Waals surface area contributed by atoms with E-state index in [1.807, 2.05) is 24.3 Å². The van der Waals surface area contributed by atoms with Crippen molar-refractivity contribution in [3.05, 3.63) is 57.3 Å². The smallest absolute Gasteiger partial charge is 0.253 e. The first kappa shape index (κ1) is 14.3. The second-order valence-corrected chi connectivity index (χ2v) is 6.15. The Kier molecular flexibility index (Phi) is 4.05. The Bertz CT molecular complexity index is 786. The van der Waals surface area contributed by atoms with Gasteiger partial charge in [0.25, 0.3) is 5.91 Å². The van der Waals surface area contributed by atoms with Gasteiger partial charge in [0.1, 0.15) is 10.2 Å². The highest BCUT2D eigenvalue weighted by Gasteiger charge is 2.12. The van der Waals surface area contributed by atoms with Gasteiger partial charge in [-0.3, -0.25) is 4.79 Å². The van der Waals surface area contributed by atoms with Gasteiger partial charge in [-0.2, -0.15) is 0 Å². The number of benzene rings is 1. The monoisotopic (exact) mass is 337 g/mol. The van der Waals surface area contributed by atoms with E-state index >= 15 is 0 Å². The Morgan fingerprint density at radius 1 is 1.29 bits per heavy atom. The highest BCUT2D eigenvalue weighted by molar-refractivity contribution is 7.18. The third kappa shape index (κ3) is 3.15. The predicted octanol–water partition coefficient (Wildman–Crippen LogP) is 3.93. The number of hydrogen-bond acceptors (Lipinski definition) is 4. The van der Waals surface area contributed by atoms with E-state index in [0.29, 0.717) is 12.1 Å². The zero-order chi connectivity index (χ0) is 14.8. The second-order valence-electron chi connectivity index (χ2n) is 4.24. The van der Waals surface area contributed by atoms with Gasteiger partial charge in [0.05, 0.1) is 27.3 Å². The van der Waals surface area contributed by atoms with Gasteiger partial charge in [-0.15, -0.1) is 11.3 Å². The minimum Gasteiger partial charge on any atom is -0.345 e. The maximum absolute atomic E-state index is 12.1. The Morgan fingerprint density at radius 2 is 2.10 bits per heavy atom. The summed E-state index contributed by atoms with van der Waals surface area (Å²) < 4.78 is 1.09. The Morgan fingerprint density at radius 3 is 2.90 bits per heavy atom. The molecule has 0 radical (unpaired) electrons. The van der Waals surface area contributed by atoms with Crippen molar-refractivity contribution in [1.29, 1.82) is 0 Å². The molecule has 0 aliphatic rings. The molecule has 21 heavy (non-hydrogen) atoms. The summed E-state index contributed by atoms with van der Waals surface area (Å²) in [5.74, 6) is -0.302. The second kappa shape index (κ2) is 5.97. The van der Waals surface area contributed by atoms with E-state index in [-0.39, 0.29) is 16.1 Å². The number of aromatic nitrogens is 2. The van der Waals surface area contributed by atoms with Gasteiger partial charge in [-0.1, -0.05) is 35.3 Å². The molecular formula is C14H9Cl2N3OS. The standard InChI is InChI=1S/C14H9Cl2N3OS/c15-9-6-17-12(16)5-8(9)14(20)18-7-13-19-10-3-1-2-4-11(10)21-13/h1-6H,7H2,(H,18,20). The number of rotatable bonds is 3. The van der Waals surface area contributed by atoms with Crippen LogP contribution >= 0.6 is 34.5 Å². The van der Waals surface area contributed by atoms with Crippen LogP contribution in [0.25, 0.3) is 10.2 Å². The van der Waals surface area contributed by atoms with Crippen LogP contribution in [0, 0.1) is 0 Å². The summed E-state index contributed by atoms with van der Waals surface area (Å²) in [7, 11) is 0. The Balaban J connectivity index is 1.74. The first-order valence-corrected chi connectivity index (χ1v) is 7.64. The first-order valence-electron chi connectivity index (χ1n) is 6.07. The summed E-state index contributed by atoms with van der Waals surface area (Å²) in [6, 6.07) is 9.27. The number of carbonyl (C=O) groups excluding carboxylic acids is 1. The fourth-order valence-corrected chi connectivity index (χ4v) is 3.09. The van der Waals surface area contributed by atoms with Crippen molar-refractivity contribution < 1.29 is 4.79 Å². The van der Waals surface area contributed by atoms with Crippen molar-refractivity contribution in [3.63, 3.8) is 0 Å². The number of thiazole rings is 1. The van der Waals surface area contributed by atoms with Gasteiger partial charge >= 0.3 is 0 Å². The highest BCUT2D eigenvalue weighted by atomic mass is 35.5. The molecule has 0 saturated carbocycles. The van der Waals surface area contributed by atoms with Crippen molar-refractivity contribution in [3.8, 4) is 0 Å². The Hall–Kier alpha value is -1.69. The molecule has 3 aromatic rings. The maximum atomic E-state index is 12.1. The maximum Gasteiger partial charge on any atom is 0.253 e. The molecule has 0 atom stereocenters. The number of hydrogen-bond donors (Lipinski definition) is 1. The zero-order valence-electron chi connectivity index (χ0n) is 10.6. The van der Waals surface area contributed by atoms with Crippen LogP contribution in [0.5, 0.6) is 0 Å². The van der Waals surface area contributed by atoms with E-state index in [4.69, 9.17) is 23.2 Å². The van der Waals surface area contributed by atoms with Gasteiger partial charge in [-0.25, -0.2) is 9.97 Å². The van der Waals surface area contributed by atoms with Gasteiger partial charge in [0, 0.05) is 6.20 Å². The summed E-state index contributed by atoms with van der Waals surface area (Å²) in [5.41, 5.74) is 1.23. The minimum atomic E-state index is -0.302. The molecule has 7 heteroatoms. The molecule has 1 N–H and O–H groups in total.